The molecule has 0 radical (unpaired) electrons. The Labute approximate surface area is 215 Å². The van der Waals surface area contributed by atoms with Gasteiger partial charge in [-0.1, -0.05) is 59.1 Å². The molecule has 6 nitrogen and oxygen atoms in total. The zero-order valence-electron chi connectivity index (χ0n) is 20.0. The number of amides is 1. The number of nitrogens with zero attached hydrogens (tertiary/aromatic N) is 3. The number of ether oxygens (including phenoxy) is 1. The molecule has 184 valence electrons. The SMILES string of the molecule is CC(C)=CCn1nc(C(=O)NC2CC3COCC(C2)N3Cc2ccc(Cl)cc2Cl)c2ccccc21. The summed E-state index contributed by atoms with van der Waals surface area (Å²) < 4.78 is 7.77. The van der Waals surface area contributed by atoms with Gasteiger partial charge in [-0.25, -0.2) is 0 Å². The lowest BCUT2D eigenvalue weighted by Crippen LogP contribution is -2.60. The van der Waals surface area contributed by atoms with E-state index in [-0.39, 0.29) is 24.0 Å². The molecule has 1 aromatic heterocycles. The summed E-state index contributed by atoms with van der Waals surface area (Å²) in [5.41, 5.74) is 3.73. The predicted molar refractivity (Wildman–Crippen MR) is 140 cm³/mol. The second-order valence-corrected chi connectivity index (χ2v) is 10.6. The van der Waals surface area contributed by atoms with Gasteiger partial charge in [0.25, 0.3) is 5.91 Å². The Balaban J connectivity index is 1.31. The van der Waals surface area contributed by atoms with Gasteiger partial charge in [-0.3, -0.25) is 14.4 Å². The highest BCUT2D eigenvalue weighted by atomic mass is 35.5. The van der Waals surface area contributed by atoms with E-state index in [1.54, 1.807) is 6.07 Å². The van der Waals surface area contributed by atoms with Gasteiger partial charge in [0.2, 0.25) is 0 Å². The molecule has 2 atom stereocenters. The smallest absolute Gasteiger partial charge is 0.272 e. The summed E-state index contributed by atoms with van der Waals surface area (Å²) in [5, 5.41) is 10.2. The normalized spacial score (nSPS) is 22.2. The number of carbonyl (C=O) groups excluding carboxylic acids is 1. The second kappa shape index (κ2) is 10.3. The van der Waals surface area contributed by atoms with Crippen molar-refractivity contribution in [2.24, 2.45) is 0 Å². The van der Waals surface area contributed by atoms with Crippen molar-refractivity contribution in [3.63, 3.8) is 0 Å². The lowest BCUT2D eigenvalue weighted by Gasteiger charge is -2.48. The van der Waals surface area contributed by atoms with Gasteiger partial charge in [0.15, 0.2) is 5.69 Å². The fourth-order valence-electron chi connectivity index (χ4n) is 5.17. The average molecular weight is 513 g/mol. The maximum atomic E-state index is 13.4. The van der Waals surface area contributed by atoms with E-state index in [1.165, 1.54) is 5.57 Å². The van der Waals surface area contributed by atoms with Crippen LogP contribution in [-0.2, 0) is 17.8 Å². The van der Waals surface area contributed by atoms with Crippen LogP contribution < -0.4 is 5.32 Å². The maximum Gasteiger partial charge on any atom is 0.272 e. The number of hydrogen-bond donors (Lipinski definition) is 1. The zero-order chi connectivity index (χ0) is 24.5. The fraction of sp³-hybridized carbons (Fsp3) is 0.407. The van der Waals surface area contributed by atoms with E-state index >= 15 is 0 Å². The monoisotopic (exact) mass is 512 g/mol. The first-order valence-electron chi connectivity index (χ1n) is 12.1. The molecule has 0 spiro atoms. The van der Waals surface area contributed by atoms with Gasteiger partial charge in [0.05, 0.1) is 25.3 Å². The molecule has 0 aliphatic carbocycles. The summed E-state index contributed by atoms with van der Waals surface area (Å²) >= 11 is 12.5. The van der Waals surface area contributed by atoms with Gasteiger partial charge >= 0.3 is 0 Å². The summed E-state index contributed by atoms with van der Waals surface area (Å²) in [6, 6.07) is 14.1. The third kappa shape index (κ3) is 5.26. The molecule has 2 fully saturated rings. The first-order chi connectivity index (χ1) is 16.9. The molecule has 0 saturated carbocycles. The van der Waals surface area contributed by atoms with Crippen molar-refractivity contribution in [1.82, 2.24) is 20.0 Å². The van der Waals surface area contributed by atoms with Crippen LogP contribution >= 0.6 is 23.2 Å². The highest BCUT2D eigenvalue weighted by Gasteiger charge is 2.40. The van der Waals surface area contributed by atoms with Crippen molar-refractivity contribution in [1.29, 1.82) is 0 Å². The number of benzene rings is 2. The minimum Gasteiger partial charge on any atom is -0.378 e. The first kappa shape index (κ1) is 24.3. The van der Waals surface area contributed by atoms with Crippen molar-refractivity contribution < 1.29 is 9.53 Å². The minimum atomic E-state index is -0.115. The van der Waals surface area contributed by atoms with Crippen molar-refractivity contribution in [2.75, 3.05) is 13.2 Å². The standard InChI is InChI=1S/C27H30Cl2N4O2/c1-17(2)9-10-33-25-6-4-3-5-23(25)26(31-33)27(34)30-20-12-21-15-35-16-22(13-20)32(21)14-18-7-8-19(28)11-24(18)29/h3-9,11,20-22H,10,12-16H2,1-2H3,(H,30,34). The van der Waals surface area contributed by atoms with E-state index in [4.69, 9.17) is 27.9 Å². The van der Waals surface area contributed by atoms with Crippen LogP contribution in [0.25, 0.3) is 10.9 Å². The van der Waals surface area contributed by atoms with Gasteiger partial charge in [0.1, 0.15) is 0 Å². The number of morpholine rings is 1. The Kier molecular flexibility index (Phi) is 7.17. The number of fused-ring (bicyclic) bond motifs is 3. The van der Waals surface area contributed by atoms with Crippen LogP contribution in [0.15, 0.2) is 54.1 Å². The lowest BCUT2D eigenvalue weighted by molar-refractivity contribution is -0.0843. The summed E-state index contributed by atoms with van der Waals surface area (Å²) in [4.78, 5) is 15.8. The summed E-state index contributed by atoms with van der Waals surface area (Å²) in [6.45, 7) is 6.81. The highest BCUT2D eigenvalue weighted by Crippen LogP contribution is 2.32. The summed E-state index contributed by atoms with van der Waals surface area (Å²) in [6.07, 6.45) is 3.76. The highest BCUT2D eigenvalue weighted by molar-refractivity contribution is 6.35. The molecule has 2 aliphatic rings. The largest absolute Gasteiger partial charge is 0.378 e. The van der Waals surface area contributed by atoms with E-state index in [9.17, 15) is 4.79 Å². The number of rotatable bonds is 6. The van der Waals surface area contributed by atoms with Crippen molar-refractivity contribution in [2.45, 2.75) is 57.9 Å². The van der Waals surface area contributed by atoms with Crippen LogP contribution in [0.3, 0.4) is 0 Å². The quantitative estimate of drug-likeness (QED) is 0.444. The molecular formula is C27H30Cl2N4O2. The van der Waals surface area contributed by atoms with Gasteiger partial charge in [-0.15, -0.1) is 0 Å². The number of piperidine rings is 1. The molecule has 2 bridgehead atoms. The van der Waals surface area contributed by atoms with Crippen LogP contribution in [0, 0.1) is 0 Å². The van der Waals surface area contributed by atoms with Gasteiger partial charge < -0.3 is 10.1 Å². The van der Waals surface area contributed by atoms with Gasteiger partial charge in [-0.2, -0.15) is 5.10 Å². The second-order valence-electron chi connectivity index (χ2n) is 9.72. The predicted octanol–water partition coefficient (Wildman–Crippen LogP) is 5.47. The molecule has 5 rings (SSSR count). The third-order valence-electron chi connectivity index (χ3n) is 6.92. The Morgan fingerprint density at radius 1 is 1.14 bits per heavy atom. The molecule has 1 amide bonds. The molecule has 3 heterocycles. The molecule has 3 aromatic rings. The van der Waals surface area contributed by atoms with Crippen molar-refractivity contribution >= 4 is 40.0 Å². The molecular weight excluding hydrogens is 483 g/mol. The van der Waals surface area contributed by atoms with Crippen LogP contribution in [0.4, 0.5) is 0 Å². The van der Waals surface area contributed by atoms with Crippen LogP contribution in [0.5, 0.6) is 0 Å². The molecule has 1 N–H and O–H groups in total. The van der Waals surface area contributed by atoms with Crippen LogP contribution in [0.2, 0.25) is 10.0 Å². The lowest BCUT2D eigenvalue weighted by atomic mass is 9.89. The van der Waals surface area contributed by atoms with Crippen LogP contribution in [-0.4, -0.2) is 51.9 Å². The van der Waals surface area contributed by atoms with Crippen molar-refractivity contribution in [3.8, 4) is 0 Å². The van der Waals surface area contributed by atoms with E-state index in [0.717, 1.165) is 35.9 Å². The number of allylic oxidation sites excluding steroid dienone is 2. The Hall–Kier alpha value is -2.38. The number of para-hydroxylation sites is 1. The van der Waals surface area contributed by atoms with E-state index < -0.39 is 0 Å². The molecule has 2 unspecified atom stereocenters. The van der Waals surface area contributed by atoms with E-state index in [0.29, 0.717) is 35.5 Å². The number of hydrogen-bond acceptors (Lipinski definition) is 4. The summed E-state index contributed by atoms with van der Waals surface area (Å²) in [7, 11) is 0. The molecule has 35 heavy (non-hydrogen) atoms. The number of nitrogens with one attached hydrogen (secondary N) is 1. The summed E-state index contributed by atoms with van der Waals surface area (Å²) in [5.74, 6) is -0.115. The topological polar surface area (TPSA) is 59.4 Å². The molecule has 2 aliphatic heterocycles. The Bertz CT molecular complexity index is 1250. The zero-order valence-corrected chi connectivity index (χ0v) is 21.5. The maximum absolute atomic E-state index is 13.4. The van der Waals surface area contributed by atoms with E-state index in [2.05, 4.69) is 35.2 Å². The fourth-order valence-corrected chi connectivity index (χ4v) is 5.64. The number of halogens is 2. The Morgan fingerprint density at radius 2 is 1.89 bits per heavy atom. The van der Waals surface area contributed by atoms with Crippen molar-refractivity contribution in [3.05, 3.63) is 75.4 Å². The van der Waals surface area contributed by atoms with E-state index in [1.807, 2.05) is 41.1 Å². The third-order valence-corrected chi connectivity index (χ3v) is 7.51. The number of aromatic nitrogens is 2. The van der Waals surface area contributed by atoms with Crippen LogP contribution in [0.1, 0.15) is 42.7 Å². The first-order valence-corrected chi connectivity index (χ1v) is 12.8. The van der Waals surface area contributed by atoms with Gasteiger partial charge in [-0.05, 0) is 50.5 Å². The molecule has 2 saturated heterocycles. The Morgan fingerprint density at radius 3 is 2.60 bits per heavy atom. The minimum absolute atomic E-state index is 0.0695. The van der Waals surface area contributed by atoms with Gasteiger partial charge in [0, 0.05) is 40.1 Å². The average Bonchev–Trinajstić information content (AvgIpc) is 3.19. The molecule has 2 aromatic carbocycles. The molecule has 8 heteroatoms. The number of carbonyl (C=O) groups is 1.